The van der Waals surface area contributed by atoms with E-state index in [0.29, 0.717) is 19.1 Å². The van der Waals surface area contributed by atoms with Gasteiger partial charge in [-0.15, -0.1) is 0 Å². The molecule has 0 radical (unpaired) electrons. The molecule has 0 aromatic carbocycles. The van der Waals surface area contributed by atoms with Crippen molar-refractivity contribution in [3.63, 3.8) is 0 Å². The lowest BCUT2D eigenvalue weighted by atomic mass is 9.93. The third-order valence-electron chi connectivity index (χ3n) is 5.80. The summed E-state index contributed by atoms with van der Waals surface area (Å²) in [5, 5.41) is 0.934. The standard InChI is InChI=1S/C21H24FN5O2/c22-19-13-27(14-24-19)15-3-5-16(6-4-15)29-21-17-2-1-7-23-18(17)12-20(25-21)26-8-10-28-11-9-26/h1-2,7,12-16H,3-6,8-11H2/t15-,16+. The number of aromatic nitrogens is 4. The van der Waals surface area contributed by atoms with Crippen molar-refractivity contribution in [2.75, 3.05) is 31.2 Å². The van der Waals surface area contributed by atoms with E-state index >= 15 is 0 Å². The molecule has 152 valence electrons. The average Bonchev–Trinajstić information content (AvgIpc) is 3.21. The quantitative estimate of drug-likeness (QED) is 0.673. The van der Waals surface area contributed by atoms with E-state index in [2.05, 4.69) is 14.9 Å². The van der Waals surface area contributed by atoms with Crippen molar-refractivity contribution in [1.82, 2.24) is 19.5 Å². The predicted molar refractivity (Wildman–Crippen MR) is 107 cm³/mol. The van der Waals surface area contributed by atoms with Crippen LogP contribution in [0.15, 0.2) is 36.9 Å². The van der Waals surface area contributed by atoms with Crippen molar-refractivity contribution in [2.45, 2.75) is 37.8 Å². The second-order valence-corrected chi connectivity index (χ2v) is 7.65. The summed E-state index contributed by atoms with van der Waals surface area (Å²) in [4.78, 5) is 15.3. The van der Waals surface area contributed by atoms with Crippen LogP contribution in [0.5, 0.6) is 5.88 Å². The monoisotopic (exact) mass is 397 g/mol. The summed E-state index contributed by atoms with van der Waals surface area (Å²) in [6.07, 6.45) is 8.59. The predicted octanol–water partition coefficient (Wildman–Crippen LogP) is 3.36. The van der Waals surface area contributed by atoms with Gasteiger partial charge in [0.15, 0.2) is 0 Å². The first-order valence-electron chi connectivity index (χ1n) is 10.2. The molecule has 3 aromatic heterocycles. The number of morpholine rings is 1. The van der Waals surface area contributed by atoms with Crippen molar-refractivity contribution >= 4 is 16.7 Å². The molecule has 4 heterocycles. The Morgan fingerprint density at radius 2 is 1.93 bits per heavy atom. The van der Waals surface area contributed by atoms with Crippen LogP contribution in [0, 0.1) is 5.95 Å². The van der Waals surface area contributed by atoms with Gasteiger partial charge in [-0.3, -0.25) is 4.98 Å². The van der Waals surface area contributed by atoms with Crippen LogP contribution in [0.1, 0.15) is 31.7 Å². The third-order valence-corrected chi connectivity index (χ3v) is 5.80. The van der Waals surface area contributed by atoms with Crippen LogP contribution in [0.2, 0.25) is 0 Å². The zero-order valence-corrected chi connectivity index (χ0v) is 16.2. The minimum absolute atomic E-state index is 0.0930. The minimum Gasteiger partial charge on any atom is -0.474 e. The Kier molecular flexibility index (Phi) is 5.01. The Hall–Kier alpha value is -2.74. The zero-order chi connectivity index (χ0) is 19.6. The molecule has 3 aromatic rings. The molecule has 2 fully saturated rings. The molecule has 2 aliphatic rings. The summed E-state index contributed by atoms with van der Waals surface area (Å²) in [6.45, 7) is 3.04. The molecule has 1 saturated heterocycles. The number of ether oxygens (including phenoxy) is 2. The molecule has 0 amide bonds. The summed E-state index contributed by atoms with van der Waals surface area (Å²) in [5.41, 5.74) is 0.890. The normalized spacial score (nSPS) is 22.7. The number of rotatable bonds is 4. The number of fused-ring (bicyclic) bond motifs is 1. The Bertz CT molecular complexity index is 980. The third kappa shape index (κ3) is 3.89. The molecule has 1 aliphatic carbocycles. The van der Waals surface area contributed by atoms with E-state index in [1.54, 1.807) is 12.5 Å². The Balaban J connectivity index is 1.34. The molecular formula is C21H24FN5O2. The number of anilines is 1. The first kappa shape index (κ1) is 18.3. The molecule has 0 atom stereocenters. The van der Waals surface area contributed by atoms with Gasteiger partial charge in [0.05, 0.1) is 36.6 Å². The number of nitrogens with zero attached hydrogens (tertiary/aromatic N) is 5. The SMILES string of the molecule is Fc1cn([C@H]2CC[C@@H](Oc3nc(N4CCOCC4)cc4ncccc34)CC2)cn1. The van der Waals surface area contributed by atoms with Gasteiger partial charge in [-0.1, -0.05) is 0 Å². The van der Waals surface area contributed by atoms with Gasteiger partial charge in [-0.05, 0) is 37.8 Å². The van der Waals surface area contributed by atoms with E-state index in [4.69, 9.17) is 14.5 Å². The highest BCUT2D eigenvalue weighted by Gasteiger charge is 2.25. The van der Waals surface area contributed by atoms with Gasteiger partial charge in [0.25, 0.3) is 0 Å². The molecule has 1 saturated carbocycles. The number of hydrogen-bond donors (Lipinski definition) is 0. The van der Waals surface area contributed by atoms with Gasteiger partial charge < -0.3 is 18.9 Å². The van der Waals surface area contributed by atoms with Crippen molar-refractivity contribution in [2.24, 2.45) is 0 Å². The van der Waals surface area contributed by atoms with Gasteiger partial charge in [0, 0.05) is 31.4 Å². The fraction of sp³-hybridized carbons (Fsp3) is 0.476. The van der Waals surface area contributed by atoms with Gasteiger partial charge >= 0.3 is 0 Å². The molecule has 7 nitrogen and oxygen atoms in total. The lowest BCUT2D eigenvalue weighted by Gasteiger charge is -2.31. The van der Waals surface area contributed by atoms with Crippen LogP contribution in [-0.4, -0.2) is 51.9 Å². The van der Waals surface area contributed by atoms with Gasteiger partial charge in [0.2, 0.25) is 11.8 Å². The van der Waals surface area contributed by atoms with E-state index in [1.165, 1.54) is 6.20 Å². The van der Waals surface area contributed by atoms with E-state index in [1.807, 2.05) is 22.8 Å². The Labute approximate surface area is 168 Å². The van der Waals surface area contributed by atoms with Gasteiger partial charge in [0.1, 0.15) is 11.9 Å². The van der Waals surface area contributed by atoms with E-state index < -0.39 is 5.95 Å². The van der Waals surface area contributed by atoms with E-state index in [9.17, 15) is 4.39 Å². The smallest absolute Gasteiger partial charge is 0.230 e. The molecule has 1 aliphatic heterocycles. The number of hydrogen-bond acceptors (Lipinski definition) is 6. The molecule has 0 bridgehead atoms. The second kappa shape index (κ2) is 7.94. The van der Waals surface area contributed by atoms with Crippen LogP contribution in [0.25, 0.3) is 10.9 Å². The molecule has 5 rings (SSSR count). The van der Waals surface area contributed by atoms with Crippen molar-refractivity contribution in [3.8, 4) is 5.88 Å². The molecule has 0 spiro atoms. The largest absolute Gasteiger partial charge is 0.474 e. The lowest BCUT2D eigenvalue weighted by Crippen LogP contribution is -2.36. The average molecular weight is 397 g/mol. The molecule has 8 heteroatoms. The number of halogens is 1. The summed E-state index contributed by atoms with van der Waals surface area (Å²) < 4.78 is 26.9. The van der Waals surface area contributed by atoms with Crippen LogP contribution >= 0.6 is 0 Å². The molecular weight excluding hydrogens is 373 g/mol. The fourth-order valence-corrected chi connectivity index (χ4v) is 4.21. The second-order valence-electron chi connectivity index (χ2n) is 7.65. The molecule has 0 unspecified atom stereocenters. The fourth-order valence-electron chi connectivity index (χ4n) is 4.21. The minimum atomic E-state index is -0.425. The topological polar surface area (TPSA) is 65.3 Å². The van der Waals surface area contributed by atoms with Crippen LogP contribution in [-0.2, 0) is 4.74 Å². The summed E-state index contributed by atoms with van der Waals surface area (Å²) >= 11 is 0. The highest BCUT2D eigenvalue weighted by molar-refractivity contribution is 5.85. The number of imidazole rings is 1. The first-order valence-corrected chi connectivity index (χ1v) is 10.2. The Morgan fingerprint density at radius 3 is 2.69 bits per heavy atom. The van der Waals surface area contributed by atoms with Gasteiger partial charge in [-0.2, -0.15) is 9.37 Å². The maximum Gasteiger partial charge on any atom is 0.230 e. The Morgan fingerprint density at radius 1 is 1.10 bits per heavy atom. The summed E-state index contributed by atoms with van der Waals surface area (Å²) in [5.74, 6) is 1.11. The van der Waals surface area contributed by atoms with Crippen molar-refractivity contribution in [3.05, 3.63) is 42.9 Å². The summed E-state index contributed by atoms with van der Waals surface area (Å²) in [6, 6.07) is 6.22. The van der Waals surface area contributed by atoms with E-state index in [0.717, 1.165) is 55.5 Å². The highest BCUT2D eigenvalue weighted by Crippen LogP contribution is 2.33. The van der Waals surface area contributed by atoms with Crippen molar-refractivity contribution in [1.29, 1.82) is 0 Å². The van der Waals surface area contributed by atoms with Crippen molar-refractivity contribution < 1.29 is 13.9 Å². The van der Waals surface area contributed by atoms with Crippen LogP contribution < -0.4 is 9.64 Å². The van der Waals surface area contributed by atoms with Gasteiger partial charge in [-0.25, -0.2) is 4.98 Å². The maximum absolute atomic E-state index is 13.2. The first-order chi connectivity index (χ1) is 14.3. The highest BCUT2D eigenvalue weighted by atomic mass is 19.1. The van der Waals surface area contributed by atoms with Crippen LogP contribution in [0.4, 0.5) is 10.2 Å². The summed E-state index contributed by atoms with van der Waals surface area (Å²) in [7, 11) is 0. The lowest BCUT2D eigenvalue weighted by molar-refractivity contribution is 0.121. The molecule has 29 heavy (non-hydrogen) atoms. The van der Waals surface area contributed by atoms with Crippen LogP contribution in [0.3, 0.4) is 0 Å². The zero-order valence-electron chi connectivity index (χ0n) is 16.2. The number of pyridine rings is 2. The maximum atomic E-state index is 13.2. The molecule has 0 N–H and O–H groups in total. The van der Waals surface area contributed by atoms with E-state index in [-0.39, 0.29) is 12.1 Å².